The van der Waals surface area contributed by atoms with Crippen LogP contribution in [0.15, 0.2) is 30.6 Å². The van der Waals surface area contributed by atoms with Gasteiger partial charge in [0.25, 0.3) is 0 Å². The monoisotopic (exact) mass is 466 g/mol. The van der Waals surface area contributed by atoms with E-state index < -0.39 is 6.09 Å². The van der Waals surface area contributed by atoms with E-state index in [1.165, 1.54) is 4.90 Å². The van der Waals surface area contributed by atoms with Crippen molar-refractivity contribution in [3.63, 3.8) is 0 Å². The summed E-state index contributed by atoms with van der Waals surface area (Å²) in [4.78, 5) is 31.2. The molecule has 5 rings (SSSR count). The van der Waals surface area contributed by atoms with Gasteiger partial charge in [0.2, 0.25) is 5.91 Å². The van der Waals surface area contributed by atoms with Crippen LogP contribution in [0.2, 0.25) is 0 Å². The van der Waals surface area contributed by atoms with Crippen LogP contribution < -0.4 is 10.2 Å². The number of rotatable bonds is 7. The Morgan fingerprint density at radius 2 is 2.15 bits per heavy atom. The standard InChI is InChI=1S/C24H30N6O4/c1-16-4-5-17-18(30(16)23(32)33)6-7-19-22(17)27-20(8-11-28-10-3-9-26-28)29(19)12-21(31)25-13-24(2)14-34-15-24/h3,6-7,9-10,16H,4-5,8,11-15H2,1-2H3,(H,25,31)(H,32,33)/t16-/m0/s1. The average Bonchev–Trinajstić information content (AvgIpc) is 3.42. The molecule has 0 radical (unpaired) electrons. The summed E-state index contributed by atoms with van der Waals surface area (Å²) in [6, 6.07) is 5.52. The third kappa shape index (κ3) is 4.13. The van der Waals surface area contributed by atoms with Crippen molar-refractivity contribution >= 4 is 28.7 Å². The molecule has 34 heavy (non-hydrogen) atoms. The summed E-state index contributed by atoms with van der Waals surface area (Å²) in [6.07, 6.45) is 4.75. The number of carboxylic acid groups (broad SMARTS) is 1. The minimum absolute atomic E-state index is 0.00829. The minimum atomic E-state index is -0.959. The number of aromatic nitrogens is 4. The summed E-state index contributed by atoms with van der Waals surface area (Å²) >= 11 is 0. The molecule has 0 bridgehead atoms. The molecule has 2 aliphatic heterocycles. The Labute approximate surface area is 197 Å². The number of amides is 2. The van der Waals surface area contributed by atoms with Crippen LogP contribution in [-0.2, 0) is 35.5 Å². The molecule has 1 fully saturated rings. The van der Waals surface area contributed by atoms with E-state index in [2.05, 4.69) is 17.3 Å². The topological polar surface area (TPSA) is 115 Å². The number of carbonyl (C=O) groups is 2. The highest BCUT2D eigenvalue weighted by molar-refractivity contribution is 5.95. The number of ether oxygens (including phenoxy) is 1. The number of imidazole rings is 1. The molecule has 0 unspecified atom stereocenters. The van der Waals surface area contributed by atoms with Gasteiger partial charge in [-0.25, -0.2) is 9.78 Å². The molecule has 2 amide bonds. The number of hydrogen-bond donors (Lipinski definition) is 2. The summed E-state index contributed by atoms with van der Waals surface area (Å²) in [5, 5.41) is 17.1. The summed E-state index contributed by atoms with van der Waals surface area (Å²) in [5.41, 5.74) is 3.23. The number of fused-ring (bicyclic) bond motifs is 3. The number of nitrogens with zero attached hydrogens (tertiary/aromatic N) is 5. The van der Waals surface area contributed by atoms with Crippen molar-refractivity contribution < 1.29 is 19.4 Å². The van der Waals surface area contributed by atoms with Crippen LogP contribution in [0.4, 0.5) is 10.5 Å². The smallest absolute Gasteiger partial charge is 0.412 e. The van der Waals surface area contributed by atoms with Gasteiger partial charge in [0.1, 0.15) is 12.4 Å². The lowest BCUT2D eigenvalue weighted by molar-refractivity contribution is -0.127. The molecule has 2 aromatic heterocycles. The van der Waals surface area contributed by atoms with Crippen molar-refractivity contribution in [1.29, 1.82) is 0 Å². The van der Waals surface area contributed by atoms with Crippen molar-refractivity contribution in [2.75, 3.05) is 24.7 Å². The molecule has 1 aromatic carbocycles. The summed E-state index contributed by atoms with van der Waals surface area (Å²) in [7, 11) is 0. The third-order valence-electron chi connectivity index (χ3n) is 6.84. The zero-order valence-corrected chi connectivity index (χ0v) is 19.5. The second-order valence-corrected chi connectivity index (χ2v) is 9.68. The number of nitrogens with one attached hydrogen (secondary N) is 1. The summed E-state index contributed by atoms with van der Waals surface area (Å²) in [6.45, 7) is 6.69. The molecule has 1 saturated heterocycles. The maximum Gasteiger partial charge on any atom is 0.412 e. The van der Waals surface area contributed by atoms with Gasteiger partial charge in [0.05, 0.1) is 29.9 Å². The Morgan fingerprint density at radius 3 is 2.82 bits per heavy atom. The molecule has 4 heterocycles. The van der Waals surface area contributed by atoms with E-state index in [1.54, 1.807) is 6.20 Å². The van der Waals surface area contributed by atoms with Crippen molar-refractivity contribution in [2.45, 2.75) is 52.2 Å². The van der Waals surface area contributed by atoms with Crippen LogP contribution >= 0.6 is 0 Å². The molecule has 10 heteroatoms. The van der Waals surface area contributed by atoms with Crippen LogP contribution in [0.25, 0.3) is 11.0 Å². The van der Waals surface area contributed by atoms with E-state index >= 15 is 0 Å². The second kappa shape index (κ2) is 8.75. The molecule has 2 N–H and O–H groups in total. The number of aryl methyl sites for hydroxylation is 3. The van der Waals surface area contributed by atoms with Crippen LogP contribution in [0, 0.1) is 5.41 Å². The van der Waals surface area contributed by atoms with Gasteiger partial charge in [-0.05, 0) is 38.0 Å². The number of carbonyl (C=O) groups excluding carboxylic acids is 1. The largest absolute Gasteiger partial charge is 0.465 e. The Morgan fingerprint density at radius 1 is 1.32 bits per heavy atom. The first-order valence-electron chi connectivity index (χ1n) is 11.7. The van der Waals surface area contributed by atoms with Gasteiger partial charge in [-0.3, -0.25) is 14.4 Å². The lowest BCUT2D eigenvalue weighted by Crippen LogP contribution is -2.49. The Bertz CT molecular complexity index is 1210. The van der Waals surface area contributed by atoms with Crippen LogP contribution in [0.5, 0.6) is 0 Å². The van der Waals surface area contributed by atoms with Crippen LogP contribution in [0.1, 0.15) is 31.7 Å². The molecule has 0 aliphatic carbocycles. The highest BCUT2D eigenvalue weighted by Crippen LogP contribution is 2.36. The molecule has 2 aliphatic rings. The van der Waals surface area contributed by atoms with Crippen LogP contribution in [-0.4, -0.2) is 62.2 Å². The highest BCUT2D eigenvalue weighted by Gasteiger charge is 2.34. The van der Waals surface area contributed by atoms with E-state index in [-0.39, 0.29) is 23.9 Å². The fourth-order valence-electron chi connectivity index (χ4n) is 4.85. The van der Waals surface area contributed by atoms with Gasteiger partial charge in [0, 0.05) is 48.9 Å². The van der Waals surface area contributed by atoms with E-state index in [1.807, 2.05) is 40.6 Å². The molecular formula is C24H30N6O4. The average molecular weight is 467 g/mol. The van der Waals surface area contributed by atoms with Crippen molar-refractivity contribution in [2.24, 2.45) is 5.41 Å². The lowest BCUT2D eigenvalue weighted by atomic mass is 9.89. The van der Waals surface area contributed by atoms with E-state index in [0.29, 0.717) is 38.4 Å². The molecule has 1 atom stereocenters. The highest BCUT2D eigenvalue weighted by atomic mass is 16.5. The lowest BCUT2D eigenvalue weighted by Gasteiger charge is -2.38. The predicted octanol–water partition coefficient (Wildman–Crippen LogP) is 2.45. The first-order chi connectivity index (χ1) is 16.3. The van der Waals surface area contributed by atoms with Crippen molar-refractivity contribution in [3.05, 3.63) is 42.0 Å². The number of benzene rings is 1. The SMILES string of the molecule is C[C@H]1CCc2c(ccc3c2nc(CCn2cccn2)n3CC(=O)NCC2(C)COC2)N1C(=O)O. The van der Waals surface area contributed by atoms with Gasteiger partial charge in [0.15, 0.2) is 0 Å². The Balaban J connectivity index is 1.48. The normalized spacial score (nSPS) is 19.0. The maximum atomic E-state index is 12.9. The Hall–Kier alpha value is -3.40. The van der Waals surface area contributed by atoms with E-state index in [0.717, 1.165) is 35.3 Å². The van der Waals surface area contributed by atoms with Gasteiger partial charge in [-0.2, -0.15) is 5.10 Å². The van der Waals surface area contributed by atoms with E-state index in [4.69, 9.17) is 9.72 Å². The molecular weight excluding hydrogens is 436 g/mol. The summed E-state index contributed by atoms with van der Waals surface area (Å²) in [5.74, 6) is 0.707. The summed E-state index contributed by atoms with van der Waals surface area (Å²) < 4.78 is 9.08. The fourth-order valence-corrected chi connectivity index (χ4v) is 4.85. The first kappa shape index (κ1) is 22.4. The molecule has 3 aromatic rings. The molecule has 180 valence electrons. The second-order valence-electron chi connectivity index (χ2n) is 9.68. The van der Waals surface area contributed by atoms with E-state index in [9.17, 15) is 14.7 Å². The molecule has 0 spiro atoms. The Kier molecular flexibility index (Phi) is 5.76. The molecule has 0 saturated carbocycles. The van der Waals surface area contributed by atoms with Gasteiger partial charge in [-0.1, -0.05) is 6.92 Å². The maximum absolute atomic E-state index is 12.9. The van der Waals surface area contributed by atoms with Crippen LogP contribution in [0.3, 0.4) is 0 Å². The number of anilines is 1. The van der Waals surface area contributed by atoms with Crippen molar-refractivity contribution in [1.82, 2.24) is 24.6 Å². The quantitative estimate of drug-likeness (QED) is 0.553. The minimum Gasteiger partial charge on any atom is -0.465 e. The zero-order valence-electron chi connectivity index (χ0n) is 19.5. The van der Waals surface area contributed by atoms with Crippen molar-refractivity contribution in [3.8, 4) is 0 Å². The zero-order chi connectivity index (χ0) is 23.9. The van der Waals surface area contributed by atoms with Gasteiger partial charge >= 0.3 is 6.09 Å². The van der Waals surface area contributed by atoms with Gasteiger partial charge in [-0.15, -0.1) is 0 Å². The first-order valence-corrected chi connectivity index (χ1v) is 11.7. The molecule has 10 nitrogen and oxygen atoms in total. The predicted molar refractivity (Wildman–Crippen MR) is 126 cm³/mol. The third-order valence-corrected chi connectivity index (χ3v) is 6.84. The van der Waals surface area contributed by atoms with Gasteiger partial charge < -0.3 is 19.7 Å². The fraction of sp³-hybridized carbons (Fsp3) is 0.500. The number of hydrogen-bond acceptors (Lipinski definition) is 5.